The Morgan fingerprint density at radius 2 is 1.65 bits per heavy atom. The van der Waals surface area contributed by atoms with E-state index in [9.17, 15) is 25.5 Å². The Kier molecular flexibility index (Phi) is 6.27. The lowest BCUT2D eigenvalue weighted by molar-refractivity contribution is -0.321. The van der Waals surface area contributed by atoms with Crippen LogP contribution in [-0.2, 0) is 14.2 Å². The van der Waals surface area contributed by atoms with E-state index in [1.54, 1.807) is 0 Å². The third-order valence-electron chi connectivity index (χ3n) is 3.94. The van der Waals surface area contributed by atoms with Crippen LogP contribution in [0.1, 0.15) is 0 Å². The van der Waals surface area contributed by atoms with Gasteiger partial charge < -0.3 is 55.1 Å². The van der Waals surface area contributed by atoms with Crippen LogP contribution >= 0.6 is 0 Å². The molecule has 8 N–H and O–H groups in total. The summed E-state index contributed by atoms with van der Waals surface area (Å²) in [7, 11) is 0. The van der Waals surface area contributed by atoms with Crippen LogP contribution < -0.4 is 0 Å². The van der Waals surface area contributed by atoms with Crippen molar-refractivity contribution in [1.82, 2.24) is 0 Å². The second kappa shape index (κ2) is 7.63. The Hall–Kier alpha value is -0.440. The maximum absolute atomic E-state index is 9.88. The second-order valence-electron chi connectivity index (χ2n) is 5.57. The van der Waals surface area contributed by atoms with Crippen LogP contribution in [0.2, 0.25) is 0 Å². The van der Waals surface area contributed by atoms with Gasteiger partial charge in [0, 0.05) is 0 Å². The first-order valence-electron chi connectivity index (χ1n) is 7.07. The first-order chi connectivity index (χ1) is 10.8. The van der Waals surface area contributed by atoms with Gasteiger partial charge in [-0.1, -0.05) is 0 Å². The zero-order valence-electron chi connectivity index (χ0n) is 12.0. The van der Waals surface area contributed by atoms with Crippen molar-refractivity contribution in [3.05, 3.63) is 0 Å². The van der Waals surface area contributed by atoms with Crippen LogP contribution in [0.25, 0.3) is 0 Å². The molecule has 0 aromatic rings. The SMILES string of the molecule is OCC1OC(OC2C(O)COC2C(O)C(O)O)C(O)C(O)C1O. The highest BCUT2D eigenvalue weighted by atomic mass is 16.7. The molecular weight excluding hydrogens is 320 g/mol. The first-order valence-corrected chi connectivity index (χ1v) is 7.07. The predicted octanol–water partition coefficient (Wildman–Crippen LogP) is -5.40. The molecule has 0 aromatic heterocycles. The van der Waals surface area contributed by atoms with Crippen LogP contribution in [0.3, 0.4) is 0 Å². The topological polar surface area (TPSA) is 190 Å². The van der Waals surface area contributed by atoms with Gasteiger partial charge in [-0.05, 0) is 0 Å². The Balaban J connectivity index is 2.09. The average molecular weight is 342 g/mol. The molecule has 0 amide bonds. The van der Waals surface area contributed by atoms with Gasteiger partial charge in [-0.25, -0.2) is 0 Å². The van der Waals surface area contributed by atoms with E-state index in [1.165, 1.54) is 0 Å². The molecule has 11 nitrogen and oxygen atoms in total. The Bertz CT molecular complexity index is 378. The number of aliphatic hydroxyl groups is 8. The number of hydrogen-bond acceptors (Lipinski definition) is 11. The molecule has 0 aliphatic carbocycles. The van der Waals surface area contributed by atoms with E-state index in [0.717, 1.165) is 0 Å². The zero-order chi connectivity index (χ0) is 17.3. The van der Waals surface area contributed by atoms with Gasteiger partial charge in [0.25, 0.3) is 0 Å². The van der Waals surface area contributed by atoms with Gasteiger partial charge in [0.2, 0.25) is 0 Å². The number of hydrogen-bond donors (Lipinski definition) is 8. The van der Waals surface area contributed by atoms with Crippen LogP contribution in [0, 0.1) is 0 Å². The summed E-state index contributed by atoms with van der Waals surface area (Å²) in [5.41, 5.74) is 0. The highest BCUT2D eigenvalue weighted by Gasteiger charge is 2.49. The molecule has 2 aliphatic heterocycles. The number of ether oxygens (including phenoxy) is 3. The summed E-state index contributed by atoms with van der Waals surface area (Å²) in [6.07, 6.45) is -15.5. The van der Waals surface area contributed by atoms with Crippen molar-refractivity contribution in [2.75, 3.05) is 13.2 Å². The van der Waals surface area contributed by atoms with E-state index in [-0.39, 0.29) is 6.61 Å². The molecule has 0 bridgehead atoms. The van der Waals surface area contributed by atoms with Crippen LogP contribution in [0.5, 0.6) is 0 Å². The Morgan fingerprint density at radius 1 is 1.00 bits per heavy atom. The van der Waals surface area contributed by atoms with Crippen LogP contribution in [-0.4, -0.2) is 115 Å². The summed E-state index contributed by atoms with van der Waals surface area (Å²) in [5, 5.41) is 75.8. The molecule has 11 heteroatoms. The summed E-state index contributed by atoms with van der Waals surface area (Å²) in [5.74, 6) is 0. The van der Waals surface area contributed by atoms with Crippen LogP contribution in [0.15, 0.2) is 0 Å². The van der Waals surface area contributed by atoms with Gasteiger partial charge in [0.15, 0.2) is 12.6 Å². The molecule has 9 atom stereocenters. The fourth-order valence-electron chi connectivity index (χ4n) is 2.58. The summed E-state index contributed by atoms with van der Waals surface area (Å²) in [6.45, 7) is -0.924. The molecule has 9 unspecified atom stereocenters. The summed E-state index contributed by atoms with van der Waals surface area (Å²) in [4.78, 5) is 0. The molecule has 2 heterocycles. The maximum atomic E-state index is 9.88. The number of rotatable bonds is 5. The van der Waals surface area contributed by atoms with Gasteiger partial charge in [-0.15, -0.1) is 0 Å². The minimum Gasteiger partial charge on any atom is -0.394 e. The van der Waals surface area contributed by atoms with Crippen LogP contribution in [0.4, 0.5) is 0 Å². The van der Waals surface area contributed by atoms with E-state index in [4.69, 9.17) is 29.5 Å². The quantitative estimate of drug-likeness (QED) is 0.223. The second-order valence-corrected chi connectivity index (χ2v) is 5.57. The smallest absolute Gasteiger partial charge is 0.187 e. The van der Waals surface area contributed by atoms with E-state index >= 15 is 0 Å². The molecule has 136 valence electrons. The third kappa shape index (κ3) is 3.81. The summed E-state index contributed by atoms with van der Waals surface area (Å²) >= 11 is 0. The lowest BCUT2D eigenvalue weighted by Gasteiger charge is -2.41. The fourth-order valence-corrected chi connectivity index (χ4v) is 2.58. The lowest BCUT2D eigenvalue weighted by atomic mass is 9.99. The normalized spacial score (nSPS) is 46.3. The summed E-state index contributed by atoms with van der Waals surface area (Å²) in [6, 6.07) is 0. The van der Waals surface area contributed by atoms with Gasteiger partial charge in [0.05, 0.1) is 13.2 Å². The fraction of sp³-hybridized carbons (Fsp3) is 1.00. The van der Waals surface area contributed by atoms with E-state index < -0.39 is 68.0 Å². The first kappa shape index (κ1) is 18.9. The molecular formula is C12H22O11. The highest BCUT2D eigenvalue weighted by Crippen LogP contribution is 2.28. The van der Waals surface area contributed by atoms with Crippen molar-refractivity contribution in [3.63, 3.8) is 0 Å². The van der Waals surface area contributed by atoms with Crippen molar-refractivity contribution < 1.29 is 55.1 Å². The third-order valence-corrected chi connectivity index (χ3v) is 3.94. The average Bonchev–Trinajstić information content (AvgIpc) is 2.87. The maximum Gasteiger partial charge on any atom is 0.187 e. The molecule has 0 spiro atoms. The molecule has 0 aromatic carbocycles. The molecule has 2 aliphatic rings. The highest BCUT2D eigenvalue weighted by molar-refractivity contribution is 4.94. The van der Waals surface area contributed by atoms with E-state index in [0.29, 0.717) is 0 Å². The zero-order valence-corrected chi connectivity index (χ0v) is 12.0. The van der Waals surface area contributed by atoms with Crippen molar-refractivity contribution >= 4 is 0 Å². The van der Waals surface area contributed by atoms with Gasteiger partial charge >= 0.3 is 0 Å². The van der Waals surface area contributed by atoms with Crippen molar-refractivity contribution in [1.29, 1.82) is 0 Å². The van der Waals surface area contributed by atoms with E-state index in [2.05, 4.69) is 0 Å². The summed E-state index contributed by atoms with van der Waals surface area (Å²) < 4.78 is 15.5. The van der Waals surface area contributed by atoms with Gasteiger partial charge in [-0.2, -0.15) is 0 Å². The number of aliphatic hydroxyl groups excluding tert-OH is 7. The standard InChI is InChI=1S/C12H22O11/c13-1-4-5(15)6(16)7(17)12(22-4)23-9-3(14)2-21-10(9)8(18)11(19)20/h3-20H,1-2H2. The molecule has 23 heavy (non-hydrogen) atoms. The molecule has 2 fully saturated rings. The molecule has 2 saturated heterocycles. The Labute approximate surface area is 130 Å². The van der Waals surface area contributed by atoms with Gasteiger partial charge in [-0.3, -0.25) is 0 Å². The predicted molar refractivity (Wildman–Crippen MR) is 68.6 cm³/mol. The lowest BCUT2D eigenvalue weighted by Crippen LogP contribution is -2.61. The van der Waals surface area contributed by atoms with Crippen molar-refractivity contribution in [2.24, 2.45) is 0 Å². The minimum absolute atomic E-state index is 0.267. The minimum atomic E-state index is -2.15. The molecule has 0 saturated carbocycles. The Morgan fingerprint density at radius 3 is 2.22 bits per heavy atom. The monoisotopic (exact) mass is 342 g/mol. The van der Waals surface area contributed by atoms with Crippen molar-refractivity contribution in [3.8, 4) is 0 Å². The van der Waals surface area contributed by atoms with Crippen molar-refractivity contribution in [2.45, 2.75) is 61.4 Å². The van der Waals surface area contributed by atoms with E-state index in [1.807, 2.05) is 0 Å². The largest absolute Gasteiger partial charge is 0.394 e. The molecule has 2 rings (SSSR count). The molecule has 0 radical (unpaired) electrons. The van der Waals surface area contributed by atoms with Gasteiger partial charge in [0.1, 0.15) is 48.8 Å².